The average molecular weight is 578 g/mol. The van der Waals surface area contributed by atoms with Crippen LogP contribution in [0.15, 0.2) is 101 Å². The van der Waals surface area contributed by atoms with Gasteiger partial charge in [0.05, 0.1) is 5.52 Å². The van der Waals surface area contributed by atoms with Gasteiger partial charge in [0.25, 0.3) is 0 Å². The minimum Gasteiger partial charge on any atom is -0.505 e. The van der Waals surface area contributed by atoms with Crippen LogP contribution in [0.1, 0.15) is 11.7 Å². The molecule has 0 spiro atoms. The number of para-hydroxylation sites is 2. The molecular weight excluding hydrogens is 555 g/mol. The van der Waals surface area contributed by atoms with E-state index in [-0.39, 0.29) is 34.3 Å². The first-order valence-corrected chi connectivity index (χ1v) is 12.4. The summed E-state index contributed by atoms with van der Waals surface area (Å²) < 4.78 is 50.7. The van der Waals surface area contributed by atoms with Crippen LogP contribution in [0.4, 0.5) is 29.3 Å². The third kappa shape index (κ3) is 5.47. The topological polar surface area (TPSA) is 126 Å². The molecule has 3 N–H and O–H groups in total. The molecule has 5 rings (SSSR count). The van der Waals surface area contributed by atoms with Crippen LogP contribution in [-0.2, 0) is 4.74 Å². The minimum atomic E-state index is -4.59. The Kier molecular flexibility index (Phi) is 7.55. The number of nitrogens with zero attached hydrogens (tertiary/aromatic N) is 3. The molecule has 42 heavy (non-hydrogen) atoms. The number of halogens is 3. The number of hydrogen-bond acceptors (Lipinski definition) is 7. The Bertz CT molecular complexity index is 1800. The van der Waals surface area contributed by atoms with Gasteiger partial charge in [0, 0.05) is 23.7 Å². The van der Waals surface area contributed by atoms with Crippen LogP contribution < -0.4 is 4.74 Å². The van der Waals surface area contributed by atoms with Gasteiger partial charge in [-0.15, -0.1) is 10.2 Å². The predicted molar refractivity (Wildman–Crippen MR) is 147 cm³/mol. The largest absolute Gasteiger partial charge is 0.511 e. The molecule has 0 saturated carbocycles. The molecular formula is C30H22F3N3O6. The highest BCUT2D eigenvalue weighted by Gasteiger charge is 2.41. The standard InChI is InChI=1S/C30H22F3N3O6/c1-41-27(30(31,32)33)17-12-14-19(15-13-17)36-24-11-3-2-8-22(24)25(28(36)38)35-34-23-10-5-9-21(26(23)37)18-6-4-7-20(16-18)42-29(39)40/h2-16,27,37-38H,1H3,(H,39,40). The van der Waals surface area contributed by atoms with Crippen molar-refractivity contribution < 1.29 is 42.8 Å². The van der Waals surface area contributed by atoms with E-state index >= 15 is 0 Å². The average Bonchev–Trinajstić information content (AvgIpc) is 3.23. The Hall–Kier alpha value is -5.36. The Morgan fingerprint density at radius 1 is 0.905 bits per heavy atom. The summed E-state index contributed by atoms with van der Waals surface area (Å²) in [7, 11) is 0.979. The number of phenolic OH excluding ortho intramolecular Hbond substituents is 1. The highest BCUT2D eigenvalue weighted by atomic mass is 19.4. The molecule has 4 aromatic carbocycles. The molecule has 1 heterocycles. The van der Waals surface area contributed by atoms with Gasteiger partial charge in [-0.3, -0.25) is 4.57 Å². The molecule has 5 aromatic rings. The van der Waals surface area contributed by atoms with Gasteiger partial charge in [-0.1, -0.05) is 54.6 Å². The summed E-state index contributed by atoms with van der Waals surface area (Å²) in [5.74, 6) is -0.501. The summed E-state index contributed by atoms with van der Waals surface area (Å²) in [5, 5.41) is 39.9. The van der Waals surface area contributed by atoms with E-state index in [0.29, 0.717) is 27.7 Å². The zero-order chi connectivity index (χ0) is 30.0. The first kappa shape index (κ1) is 28.2. The SMILES string of the molecule is COC(c1ccc(-n2c(O)c(N=Nc3cccc(-c4cccc(OC(=O)O)c4)c3O)c3ccccc32)cc1)C(F)(F)F. The summed E-state index contributed by atoms with van der Waals surface area (Å²) in [6, 6.07) is 23.1. The smallest absolute Gasteiger partial charge is 0.505 e. The number of aromatic nitrogens is 1. The molecule has 0 fully saturated rings. The molecule has 0 bridgehead atoms. The fourth-order valence-electron chi connectivity index (χ4n) is 4.60. The van der Waals surface area contributed by atoms with Gasteiger partial charge < -0.3 is 24.8 Å². The lowest BCUT2D eigenvalue weighted by Gasteiger charge is -2.19. The van der Waals surface area contributed by atoms with Gasteiger partial charge in [0.15, 0.2) is 17.5 Å². The lowest BCUT2D eigenvalue weighted by atomic mass is 10.0. The van der Waals surface area contributed by atoms with E-state index < -0.39 is 18.4 Å². The number of aromatic hydroxyl groups is 2. The Morgan fingerprint density at radius 3 is 2.31 bits per heavy atom. The summed E-state index contributed by atoms with van der Waals surface area (Å²) in [4.78, 5) is 10.9. The van der Waals surface area contributed by atoms with Crippen molar-refractivity contribution in [3.8, 4) is 34.2 Å². The number of carboxylic acid groups (broad SMARTS) is 1. The fraction of sp³-hybridized carbons (Fsp3) is 0.100. The van der Waals surface area contributed by atoms with Crippen LogP contribution >= 0.6 is 0 Å². The van der Waals surface area contributed by atoms with Gasteiger partial charge >= 0.3 is 12.3 Å². The number of carbonyl (C=O) groups is 1. The first-order chi connectivity index (χ1) is 20.1. The number of azo groups is 1. The van der Waals surface area contributed by atoms with Crippen LogP contribution in [0.3, 0.4) is 0 Å². The third-order valence-corrected chi connectivity index (χ3v) is 6.43. The number of fused-ring (bicyclic) bond motifs is 1. The third-order valence-electron chi connectivity index (χ3n) is 6.43. The minimum absolute atomic E-state index is 0.0633. The molecule has 214 valence electrons. The van der Waals surface area contributed by atoms with Crippen molar-refractivity contribution in [1.82, 2.24) is 4.57 Å². The van der Waals surface area contributed by atoms with Gasteiger partial charge in [0.2, 0.25) is 5.88 Å². The van der Waals surface area contributed by atoms with Crippen LogP contribution in [0.5, 0.6) is 17.4 Å². The van der Waals surface area contributed by atoms with Crippen molar-refractivity contribution >= 4 is 28.4 Å². The maximum Gasteiger partial charge on any atom is 0.511 e. The highest BCUT2D eigenvalue weighted by Crippen LogP contribution is 2.44. The molecule has 0 amide bonds. The molecule has 1 unspecified atom stereocenters. The van der Waals surface area contributed by atoms with Crippen LogP contribution in [-0.4, -0.2) is 39.3 Å². The molecule has 0 aliphatic carbocycles. The summed E-state index contributed by atoms with van der Waals surface area (Å²) in [6.07, 6.45) is -8.17. The molecule has 0 aliphatic heterocycles. The normalized spacial score (nSPS) is 12.6. The fourth-order valence-corrected chi connectivity index (χ4v) is 4.60. The van der Waals surface area contributed by atoms with Crippen molar-refractivity contribution in [2.75, 3.05) is 7.11 Å². The molecule has 0 saturated heterocycles. The van der Waals surface area contributed by atoms with Crippen molar-refractivity contribution in [3.05, 3.63) is 96.6 Å². The summed E-state index contributed by atoms with van der Waals surface area (Å²) in [5.41, 5.74) is 1.73. The molecule has 1 atom stereocenters. The monoisotopic (exact) mass is 577 g/mol. The van der Waals surface area contributed by atoms with E-state index in [1.165, 1.54) is 47.0 Å². The van der Waals surface area contributed by atoms with Gasteiger partial charge in [-0.25, -0.2) is 4.79 Å². The highest BCUT2D eigenvalue weighted by molar-refractivity contribution is 5.96. The van der Waals surface area contributed by atoms with Crippen molar-refractivity contribution in [2.24, 2.45) is 10.2 Å². The molecule has 9 nitrogen and oxygen atoms in total. The van der Waals surface area contributed by atoms with E-state index in [4.69, 9.17) is 9.84 Å². The van der Waals surface area contributed by atoms with Crippen LogP contribution in [0, 0.1) is 0 Å². The van der Waals surface area contributed by atoms with Crippen LogP contribution in [0.25, 0.3) is 27.7 Å². The second-order valence-corrected chi connectivity index (χ2v) is 9.04. The Labute approximate surface area is 236 Å². The van der Waals surface area contributed by atoms with E-state index in [9.17, 15) is 28.2 Å². The van der Waals surface area contributed by atoms with E-state index in [1.807, 2.05) is 0 Å². The van der Waals surface area contributed by atoms with Crippen molar-refractivity contribution in [1.29, 1.82) is 0 Å². The number of alkyl halides is 3. The lowest BCUT2D eigenvalue weighted by Crippen LogP contribution is -2.22. The Morgan fingerprint density at radius 2 is 1.62 bits per heavy atom. The Balaban J connectivity index is 1.53. The van der Waals surface area contributed by atoms with E-state index in [0.717, 1.165) is 7.11 Å². The van der Waals surface area contributed by atoms with Gasteiger partial charge in [0.1, 0.15) is 11.4 Å². The zero-order valence-corrected chi connectivity index (χ0v) is 21.8. The maximum absolute atomic E-state index is 13.3. The summed E-state index contributed by atoms with van der Waals surface area (Å²) in [6.45, 7) is 0. The number of hydrogen-bond donors (Lipinski definition) is 3. The molecule has 12 heteroatoms. The van der Waals surface area contributed by atoms with Crippen LogP contribution in [0.2, 0.25) is 0 Å². The number of methoxy groups -OCH3 is 1. The molecule has 0 aliphatic rings. The molecule has 1 aromatic heterocycles. The van der Waals surface area contributed by atoms with E-state index in [1.54, 1.807) is 48.5 Å². The number of phenols is 1. The molecule has 0 radical (unpaired) electrons. The van der Waals surface area contributed by atoms with Crippen molar-refractivity contribution in [2.45, 2.75) is 12.3 Å². The quantitative estimate of drug-likeness (QED) is 0.101. The van der Waals surface area contributed by atoms with Gasteiger partial charge in [-0.05, 0) is 47.5 Å². The first-order valence-electron chi connectivity index (χ1n) is 12.4. The number of ether oxygens (including phenoxy) is 2. The maximum atomic E-state index is 13.3. The second-order valence-electron chi connectivity index (χ2n) is 9.04. The second kappa shape index (κ2) is 11.3. The van der Waals surface area contributed by atoms with Crippen molar-refractivity contribution in [3.63, 3.8) is 0 Å². The predicted octanol–water partition coefficient (Wildman–Crippen LogP) is 8.43. The summed E-state index contributed by atoms with van der Waals surface area (Å²) >= 11 is 0. The van der Waals surface area contributed by atoms with E-state index in [2.05, 4.69) is 15.0 Å². The number of rotatable bonds is 7. The number of benzene rings is 4. The van der Waals surface area contributed by atoms with Gasteiger partial charge in [-0.2, -0.15) is 13.2 Å². The lowest BCUT2D eigenvalue weighted by molar-refractivity contribution is -0.215. The zero-order valence-electron chi connectivity index (χ0n) is 21.8.